The Hall–Kier alpha value is -4.31. The van der Waals surface area contributed by atoms with Crippen LogP contribution >= 0.6 is 0 Å². The lowest BCUT2D eigenvalue weighted by Gasteiger charge is -2.51. The molecule has 0 aromatic heterocycles. The molecule has 20 atom stereocenters. The first-order chi connectivity index (χ1) is 37.0. The highest BCUT2D eigenvalue weighted by atomic mass is 32.3. The van der Waals surface area contributed by atoms with Gasteiger partial charge in [0.15, 0.2) is 25.2 Å². The third-order valence-corrected chi connectivity index (χ3v) is 13.5. The molecule has 14 N–H and O–H groups in total. The number of aliphatic hydroxyl groups is 9. The molecule has 0 aliphatic carbocycles. The minimum Gasteiger partial charge on any atom is -0.494 e. The summed E-state index contributed by atoms with van der Waals surface area (Å²) in [5.41, 5.74) is 0.0447. The van der Waals surface area contributed by atoms with Gasteiger partial charge in [-0.25, -0.2) is 4.18 Å². The van der Waals surface area contributed by atoms with E-state index in [1.165, 1.54) is 18.6 Å². The number of carbonyl (C=O) groups excluding carboxylic acids is 4. The van der Waals surface area contributed by atoms with E-state index < -0.39 is 183 Å². The molecule has 1 aromatic carbocycles. The van der Waals surface area contributed by atoms with E-state index in [-0.39, 0.29) is 5.56 Å². The minimum atomic E-state index is -5.16. The molecule has 4 amide bonds. The maximum Gasteiger partial charge on any atom is 0.397 e. The Morgan fingerprint density at radius 1 is 0.590 bits per heavy atom. The fourth-order valence-corrected chi connectivity index (χ4v) is 9.51. The summed E-state index contributed by atoms with van der Waals surface area (Å²) in [5.74, 6) is 3.39. The summed E-state index contributed by atoms with van der Waals surface area (Å²) in [6.07, 6.45) is -23.1. The SMILES string of the molecule is CCCCCCC#CCCCOc1cccc(C(=O)NC2[C@H](O[C@@H]3C(CO)O[C@H](O[C@H]4C(CO)O[C@@H](O[C@@H]5C(COS(=O)(=O)O)OC(O)C(NC(C)=O)C5O)C(NC(C)=O)[C@H]4O)C(NC(C)=O)C3O)OC(CO)[C@H](O)[C@@H]2O)c1. The number of nitrogens with one attached hydrogen (secondary N) is 4. The maximum absolute atomic E-state index is 13.8. The highest BCUT2D eigenvalue weighted by Gasteiger charge is 2.56. The summed E-state index contributed by atoms with van der Waals surface area (Å²) in [5, 5.41) is 109. The van der Waals surface area contributed by atoms with E-state index in [1.54, 1.807) is 12.1 Å². The van der Waals surface area contributed by atoms with E-state index in [0.717, 1.165) is 46.5 Å². The molecule has 4 fully saturated rings. The standard InChI is InChI=1S/C48H74N4O25S/c1-5-6-7-8-9-10-11-12-13-17-69-27-16-14-15-26(18-27)44(64)52-33-37(60)36(59)28(19-53)72-46(33)75-41-29(20-54)73-47(34(39(41)62)50-24(3)57)76-42-30(21-55)74-48(35(40(42)63)51-25(4)58)77-43-31(22-70-78(66,67)68)71-45(65)32(38(43)61)49-23(2)56/h14-16,18,28-43,45-48,53-55,59-63,65H,5-9,12-13,17,19-22H2,1-4H3,(H,49,56)(H,50,57)(H,51,58)(H,52,64)(H,66,67,68)/t28?,29?,30?,31?,32?,33?,34?,35?,36-,37+,38?,39?,40+,41+,42-,43+,45?,46-,47+,48-/m0/s1. The molecular weight excluding hydrogens is 1060 g/mol. The van der Waals surface area contributed by atoms with E-state index >= 15 is 0 Å². The van der Waals surface area contributed by atoms with Gasteiger partial charge in [0.05, 0.1) is 33.0 Å². The predicted octanol–water partition coefficient (Wildman–Crippen LogP) is -4.92. The molecule has 0 saturated carbocycles. The molecule has 29 nitrogen and oxygen atoms in total. The van der Waals surface area contributed by atoms with Crippen molar-refractivity contribution in [1.82, 2.24) is 21.3 Å². The van der Waals surface area contributed by atoms with Gasteiger partial charge in [-0.3, -0.25) is 23.7 Å². The molecule has 11 unspecified atom stereocenters. The first-order valence-electron chi connectivity index (χ1n) is 25.4. The maximum atomic E-state index is 13.8. The van der Waals surface area contributed by atoms with E-state index in [9.17, 15) is 78.1 Å². The number of carbonyl (C=O) groups is 4. The predicted molar refractivity (Wildman–Crippen MR) is 262 cm³/mol. The van der Waals surface area contributed by atoms with Gasteiger partial charge in [-0.2, -0.15) is 8.42 Å². The Kier molecular flexibility index (Phi) is 25.2. The number of rotatable bonds is 25. The number of hydrogen-bond acceptors (Lipinski definition) is 24. The minimum absolute atomic E-state index is 0.0447. The van der Waals surface area contributed by atoms with Crippen LogP contribution in [0.25, 0.3) is 0 Å². The van der Waals surface area contributed by atoms with Crippen molar-refractivity contribution in [3.05, 3.63) is 29.8 Å². The molecule has 4 aliphatic heterocycles. The number of amides is 4. The molecular formula is C48H74N4O25S. The van der Waals surface area contributed by atoms with Crippen LogP contribution < -0.4 is 26.0 Å². The van der Waals surface area contributed by atoms with Gasteiger partial charge in [0.25, 0.3) is 5.91 Å². The lowest BCUT2D eigenvalue weighted by atomic mass is 9.93. The molecule has 0 radical (unpaired) electrons. The largest absolute Gasteiger partial charge is 0.494 e. The lowest BCUT2D eigenvalue weighted by Crippen LogP contribution is -2.71. The summed E-state index contributed by atoms with van der Waals surface area (Å²) in [6.45, 7) is 1.51. The van der Waals surface area contributed by atoms with Gasteiger partial charge in [0.1, 0.15) is 103 Å². The zero-order valence-electron chi connectivity index (χ0n) is 43.3. The normalized spacial score (nSPS) is 35.1. The molecule has 442 valence electrons. The summed E-state index contributed by atoms with van der Waals surface area (Å²) in [4.78, 5) is 51.1. The van der Waals surface area contributed by atoms with Gasteiger partial charge in [0, 0.05) is 39.2 Å². The van der Waals surface area contributed by atoms with E-state index in [0.29, 0.717) is 25.2 Å². The molecule has 1 aromatic rings. The topological polar surface area (TPSA) is 436 Å². The van der Waals surface area contributed by atoms with E-state index in [2.05, 4.69) is 44.2 Å². The fourth-order valence-electron chi connectivity index (χ4n) is 9.21. The molecule has 0 spiro atoms. The Morgan fingerprint density at radius 2 is 1.06 bits per heavy atom. The molecule has 30 heteroatoms. The van der Waals surface area contributed by atoms with Gasteiger partial charge in [-0.1, -0.05) is 32.3 Å². The van der Waals surface area contributed by atoms with Crippen molar-refractivity contribution in [2.24, 2.45) is 0 Å². The van der Waals surface area contributed by atoms with Crippen molar-refractivity contribution in [3.8, 4) is 17.6 Å². The van der Waals surface area contributed by atoms with Crippen LogP contribution in [0.1, 0.15) is 83.0 Å². The smallest absolute Gasteiger partial charge is 0.397 e. The van der Waals surface area contributed by atoms with E-state index in [1.807, 2.05) is 0 Å². The van der Waals surface area contributed by atoms with Crippen LogP contribution in [0.3, 0.4) is 0 Å². The molecule has 78 heavy (non-hydrogen) atoms. The zero-order chi connectivity index (χ0) is 57.4. The second-order valence-corrected chi connectivity index (χ2v) is 20.1. The number of aliphatic hydroxyl groups excluding tert-OH is 9. The second-order valence-electron chi connectivity index (χ2n) is 19.0. The number of unbranched alkanes of at least 4 members (excludes halogenated alkanes) is 5. The highest BCUT2D eigenvalue weighted by molar-refractivity contribution is 7.80. The van der Waals surface area contributed by atoms with Crippen LogP contribution in [-0.2, 0) is 62.1 Å². The zero-order valence-corrected chi connectivity index (χ0v) is 44.2. The Balaban J connectivity index is 1.35. The van der Waals surface area contributed by atoms with Gasteiger partial charge in [-0.05, 0) is 31.0 Å². The van der Waals surface area contributed by atoms with Crippen LogP contribution in [-0.4, -0.2) is 238 Å². The first-order valence-corrected chi connectivity index (χ1v) is 26.8. The lowest BCUT2D eigenvalue weighted by molar-refractivity contribution is -0.361. The quantitative estimate of drug-likeness (QED) is 0.0248. The summed E-state index contributed by atoms with van der Waals surface area (Å²) < 4.78 is 83.8. The second kappa shape index (κ2) is 30.5. The van der Waals surface area contributed by atoms with Crippen molar-refractivity contribution >= 4 is 34.0 Å². The number of benzene rings is 1. The first kappa shape index (κ1) is 64.5. The number of ether oxygens (including phenoxy) is 8. The third-order valence-electron chi connectivity index (χ3n) is 13.0. The van der Waals surface area contributed by atoms with Crippen LogP contribution in [0.15, 0.2) is 24.3 Å². The fraction of sp³-hybridized carbons (Fsp3) is 0.750. The van der Waals surface area contributed by atoms with Crippen molar-refractivity contribution in [2.75, 3.05) is 33.0 Å². The van der Waals surface area contributed by atoms with Crippen molar-refractivity contribution in [2.45, 2.75) is 195 Å². The average molecular weight is 1140 g/mol. The van der Waals surface area contributed by atoms with Crippen LogP contribution in [0.4, 0.5) is 0 Å². The Morgan fingerprint density at radius 3 is 1.56 bits per heavy atom. The van der Waals surface area contributed by atoms with E-state index in [4.69, 9.17) is 37.9 Å². The van der Waals surface area contributed by atoms with Gasteiger partial charge in [-0.15, -0.1) is 11.8 Å². The van der Waals surface area contributed by atoms with Crippen molar-refractivity contribution in [3.63, 3.8) is 0 Å². The average Bonchev–Trinajstić information content (AvgIpc) is 3.47. The van der Waals surface area contributed by atoms with Gasteiger partial charge < -0.3 is 105 Å². The monoisotopic (exact) mass is 1140 g/mol. The molecule has 5 rings (SSSR count). The van der Waals surface area contributed by atoms with Crippen LogP contribution in [0, 0.1) is 11.8 Å². The summed E-state index contributed by atoms with van der Waals surface area (Å²) >= 11 is 0. The summed E-state index contributed by atoms with van der Waals surface area (Å²) in [7, 11) is -5.16. The van der Waals surface area contributed by atoms with Gasteiger partial charge >= 0.3 is 10.4 Å². The Bertz CT molecular complexity index is 2280. The molecule has 4 saturated heterocycles. The summed E-state index contributed by atoms with van der Waals surface area (Å²) in [6, 6.07) is -0.745. The van der Waals surface area contributed by atoms with Crippen LogP contribution in [0.2, 0.25) is 0 Å². The highest BCUT2D eigenvalue weighted by Crippen LogP contribution is 2.35. The third kappa shape index (κ3) is 17.8. The Labute approximate surface area is 450 Å². The van der Waals surface area contributed by atoms with Crippen LogP contribution in [0.5, 0.6) is 5.75 Å². The molecule has 0 bridgehead atoms. The van der Waals surface area contributed by atoms with Crippen molar-refractivity contribution in [1.29, 1.82) is 0 Å². The molecule has 4 aliphatic rings. The van der Waals surface area contributed by atoms with Crippen molar-refractivity contribution < 1.29 is 120 Å². The molecule has 4 heterocycles. The van der Waals surface area contributed by atoms with Gasteiger partial charge in [0.2, 0.25) is 17.7 Å². The number of hydrogen-bond donors (Lipinski definition) is 14.